The summed E-state index contributed by atoms with van der Waals surface area (Å²) in [5.41, 5.74) is 2.50. The van der Waals surface area contributed by atoms with E-state index in [1.165, 1.54) is 0 Å². The van der Waals surface area contributed by atoms with Crippen molar-refractivity contribution >= 4 is 16.9 Å². The molecule has 1 atom stereocenters. The van der Waals surface area contributed by atoms with E-state index >= 15 is 0 Å². The summed E-state index contributed by atoms with van der Waals surface area (Å²) in [5, 5.41) is 12.1. The first kappa shape index (κ1) is 21.6. The summed E-state index contributed by atoms with van der Waals surface area (Å²) in [7, 11) is 0. The zero-order valence-corrected chi connectivity index (χ0v) is 19.6. The molecule has 2 aromatic heterocycles. The third kappa shape index (κ3) is 3.17. The molecule has 0 amide bonds. The van der Waals surface area contributed by atoms with E-state index in [9.17, 15) is 14.7 Å². The molecule has 0 fully saturated rings. The third-order valence-electron chi connectivity index (χ3n) is 6.56. The molecule has 7 heteroatoms. The first-order chi connectivity index (χ1) is 15.6. The molecular weight excluding hydrogens is 420 g/mol. The van der Waals surface area contributed by atoms with Gasteiger partial charge in [0.25, 0.3) is 5.56 Å². The number of aryl methyl sites for hydroxylation is 1. The van der Waals surface area contributed by atoms with Gasteiger partial charge in [-0.25, -0.2) is 9.78 Å². The van der Waals surface area contributed by atoms with Gasteiger partial charge in [0, 0.05) is 22.6 Å². The minimum Gasteiger partial charge on any atom is -0.488 e. The van der Waals surface area contributed by atoms with Crippen LogP contribution in [-0.4, -0.2) is 26.2 Å². The molecule has 1 aromatic carbocycles. The Morgan fingerprint density at radius 1 is 1.18 bits per heavy atom. The topological polar surface area (TPSA) is 90.6 Å². The average molecular weight is 449 g/mol. The van der Waals surface area contributed by atoms with E-state index in [4.69, 9.17) is 14.5 Å². The van der Waals surface area contributed by atoms with Crippen LogP contribution in [0.4, 0.5) is 0 Å². The summed E-state index contributed by atoms with van der Waals surface area (Å²) in [5.74, 6) is 0.0122. The number of hydrogen-bond acceptors (Lipinski definition) is 6. The molecule has 0 radical (unpaired) electrons. The van der Waals surface area contributed by atoms with Gasteiger partial charge in [0.2, 0.25) is 0 Å². The van der Waals surface area contributed by atoms with Gasteiger partial charge in [0.15, 0.2) is 5.60 Å². The maximum absolute atomic E-state index is 13.4. The second-order valence-electron chi connectivity index (χ2n) is 9.77. The number of carbonyl (C=O) groups excluding carboxylic acids is 1. The molecule has 2 aliphatic heterocycles. The fourth-order valence-corrected chi connectivity index (χ4v) is 4.97. The molecule has 0 bridgehead atoms. The van der Waals surface area contributed by atoms with Crippen LogP contribution in [0.1, 0.15) is 63.3 Å². The highest BCUT2D eigenvalue weighted by Gasteiger charge is 2.45. The fraction of sp³-hybridized carbons (Fsp3) is 0.423. The molecular formula is C26H28N2O5. The fourth-order valence-electron chi connectivity index (χ4n) is 4.97. The normalized spacial score (nSPS) is 19.2. The van der Waals surface area contributed by atoms with Crippen LogP contribution >= 0.6 is 0 Å². The third-order valence-corrected chi connectivity index (χ3v) is 6.56. The van der Waals surface area contributed by atoms with Crippen molar-refractivity contribution in [3.63, 3.8) is 0 Å². The number of cyclic esters (lactones) is 1. The van der Waals surface area contributed by atoms with Gasteiger partial charge in [-0.05, 0) is 57.4 Å². The Morgan fingerprint density at radius 3 is 2.61 bits per heavy atom. The van der Waals surface area contributed by atoms with Crippen LogP contribution in [0.25, 0.3) is 22.3 Å². The largest absolute Gasteiger partial charge is 0.488 e. The molecule has 0 saturated carbocycles. The quantitative estimate of drug-likeness (QED) is 0.479. The molecule has 3 aromatic rings. The van der Waals surface area contributed by atoms with Crippen molar-refractivity contribution < 1.29 is 19.4 Å². The van der Waals surface area contributed by atoms with Gasteiger partial charge in [0.05, 0.1) is 29.0 Å². The SMILES string of the molecule is CCc1c2c(nc3cc(OC(C)(C)C)ccc13)-c1cc3c(c(=O)n1C2)COC(=O)C3(O)CC. The predicted molar refractivity (Wildman–Crippen MR) is 124 cm³/mol. The Morgan fingerprint density at radius 2 is 1.94 bits per heavy atom. The summed E-state index contributed by atoms with van der Waals surface area (Å²) < 4.78 is 12.9. The van der Waals surface area contributed by atoms with Crippen LogP contribution in [0.2, 0.25) is 0 Å². The number of esters is 1. The Balaban J connectivity index is 1.76. The van der Waals surface area contributed by atoms with Gasteiger partial charge in [-0.1, -0.05) is 13.8 Å². The number of nitrogens with zero attached hydrogens (tertiary/aromatic N) is 2. The molecule has 1 N–H and O–H groups in total. The Labute approximate surface area is 192 Å². The summed E-state index contributed by atoms with van der Waals surface area (Å²) in [6, 6.07) is 7.67. The molecule has 172 valence electrons. The molecule has 0 saturated heterocycles. The van der Waals surface area contributed by atoms with Gasteiger partial charge in [0.1, 0.15) is 18.0 Å². The molecule has 7 nitrogen and oxygen atoms in total. The number of ether oxygens (including phenoxy) is 2. The first-order valence-corrected chi connectivity index (χ1v) is 11.4. The number of aliphatic hydroxyl groups is 1. The first-order valence-electron chi connectivity index (χ1n) is 11.4. The zero-order chi connectivity index (χ0) is 23.7. The zero-order valence-electron chi connectivity index (χ0n) is 19.6. The second-order valence-corrected chi connectivity index (χ2v) is 9.77. The van der Waals surface area contributed by atoms with E-state index in [-0.39, 0.29) is 24.2 Å². The van der Waals surface area contributed by atoms with Crippen molar-refractivity contribution in [1.29, 1.82) is 0 Å². The summed E-state index contributed by atoms with van der Waals surface area (Å²) in [6.45, 7) is 10.1. The highest BCUT2D eigenvalue weighted by molar-refractivity contribution is 5.89. The van der Waals surface area contributed by atoms with Crippen molar-refractivity contribution in [3.8, 4) is 17.1 Å². The Hall–Kier alpha value is -3.19. The van der Waals surface area contributed by atoms with E-state index in [0.29, 0.717) is 29.1 Å². The number of aromatic nitrogens is 2. The Kier molecular flexibility index (Phi) is 4.69. The summed E-state index contributed by atoms with van der Waals surface area (Å²) in [6.07, 6.45) is 0.900. The average Bonchev–Trinajstić information content (AvgIpc) is 3.12. The lowest BCUT2D eigenvalue weighted by Gasteiger charge is -2.31. The smallest absolute Gasteiger partial charge is 0.343 e. The van der Waals surface area contributed by atoms with Gasteiger partial charge >= 0.3 is 5.97 Å². The predicted octanol–water partition coefficient (Wildman–Crippen LogP) is 3.82. The van der Waals surface area contributed by atoms with E-state index < -0.39 is 11.6 Å². The van der Waals surface area contributed by atoms with Crippen molar-refractivity contribution in [3.05, 3.63) is 56.9 Å². The molecule has 1 unspecified atom stereocenters. The number of benzene rings is 1. The van der Waals surface area contributed by atoms with E-state index in [0.717, 1.165) is 34.2 Å². The van der Waals surface area contributed by atoms with E-state index in [2.05, 4.69) is 6.92 Å². The molecule has 0 spiro atoms. The molecule has 4 heterocycles. The van der Waals surface area contributed by atoms with Crippen LogP contribution in [0.5, 0.6) is 5.75 Å². The standard InChI is InChI=1S/C26H28N2O5/c1-6-15-16-9-8-14(33-25(3,4)5)10-20(16)27-22-17(15)12-28-21(22)11-19-18(23(28)29)13-32-24(30)26(19,31)7-2/h8-11,31H,6-7,12-13H2,1-5H3. The highest BCUT2D eigenvalue weighted by atomic mass is 16.6. The molecule has 2 aliphatic rings. The lowest BCUT2D eigenvalue weighted by atomic mass is 9.86. The monoisotopic (exact) mass is 448 g/mol. The van der Waals surface area contributed by atoms with Crippen LogP contribution in [0.3, 0.4) is 0 Å². The van der Waals surface area contributed by atoms with Crippen LogP contribution in [0.15, 0.2) is 29.1 Å². The van der Waals surface area contributed by atoms with Crippen molar-refractivity contribution in [2.24, 2.45) is 0 Å². The van der Waals surface area contributed by atoms with Gasteiger partial charge in [-0.15, -0.1) is 0 Å². The number of rotatable bonds is 3. The number of pyridine rings is 2. The van der Waals surface area contributed by atoms with Gasteiger partial charge in [-0.3, -0.25) is 4.79 Å². The molecule has 33 heavy (non-hydrogen) atoms. The maximum Gasteiger partial charge on any atom is 0.343 e. The maximum atomic E-state index is 13.4. The lowest BCUT2D eigenvalue weighted by molar-refractivity contribution is -0.172. The minimum absolute atomic E-state index is 0.118. The number of carbonyl (C=O) groups is 1. The summed E-state index contributed by atoms with van der Waals surface area (Å²) >= 11 is 0. The van der Waals surface area contributed by atoms with E-state index in [1.54, 1.807) is 17.6 Å². The van der Waals surface area contributed by atoms with Gasteiger partial charge in [-0.2, -0.15) is 0 Å². The highest BCUT2D eigenvalue weighted by Crippen LogP contribution is 2.40. The van der Waals surface area contributed by atoms with Crippen LogP contribution < -0.4 is 10.3 Å². The van der Waals surface area contributed by atoms with Crippen molar-refractivity contribution in [2.75, 3.05) is 0 Å². The molecule has 5 rings (SSSR count). The Bertz CT molecular complexity index is 1380. The number of hydrogen-bond donors (Lipinski definition) is 1. The van der Waals surface area contributed by atoms with Crippen molar-refractivity contribution in [2.45, 2.75) is 71.8 Å². The summed E-state index contributed by atoms with van der Waals surface area (Å²) in [4.78, 5) is 30.7. The van der Waals surface area contributed by atoms with Crippen molar-refractivity contribution in [1.82, 2.24) is 9.55 Å². The van der Waals surface area contributed by atoms with Gasteiger partial charge < -0.3 is 19.1 Å². The number of fused-ring (bicyclic) bond motifs is 5. The van der Waals surface area contributed by atoms with Crippen LogP contribution in [0, 0.1) is 0 Å². The van der Waals surface area contributed by atoms with Crippen LogP contribution in [-0.2, 0) is 34.7 Å². The second kappa shape index (κ2) is 7.15. The lowest BCUT2D eigenvalue weighted by Crippen LogP contribution is -2.44. The minimum atomic E-state index is -1.83. The molecule has 0 aliphatic carbocycles. The van der Waals surface area contributed by atoms with E-state index in [1.807, 2.05) is 39.0 Å².